The van der Waals surface area contributed by atoms with E-state index < -0.39 is 6.10 Å². The van der Waals surface area contributed by atoms with Gasteiger partial charge in [0, 0.05) is 0 Å². The van der Waals surface area contributed by atoms with Gasteiger partial charge in [0.1, 0.15) is 0 Å². The van der Waals surface area contributed by atoms with Gasteiger partial charge in [-0.2, -0.15) is 0 Å². The molecular formula is C11H18O. The second kappa shape index (κ2) is 8.28. The van der Waals surface area contributed by atoms with Crippen LogP contribution in [0.15, 0.2) is 37.0 Å². The molecule has 0 aliphatic rings. The topological polar surface area (TPSA) is 20.2 Å². The zero-order valence-corrected chi connectivity index (χ0v) is 7.74. The molecule has 0 amide bonds. The third-order valence-corrected chi connectivity index (χ3v) is 1.49. The summed E-state index contributed by atoms with van der Waals surface area (Å²) in [4.78, 5) is 0. The maximum absolute atomic E-state index is 9.07. The molecule has 0 aromatic carbocycles. The molecule has 68 valence electrons. The number of hydrogen-bond donors (Lipinski definition) is 1. The van der Waals surface area contributed by atoms with E-state index >= 15 is 0 Å². The molecule has 0 rings (SSSR count). The SMILES string of the molecule is C=CC(O)CC=CCC=CCC. The molecular weight excluding hydrogens is 148 g/mol. The van der Waals surface area contributed by atoms with Gasteiger partial charge in [0.2, 0.25) is 0 Å². The van der Waals surface area contributed by atoms with Crippen LogP contribution < -0.4 is 0 Å². The fourth-order valence-electron chi connectivity index (χ4n) is 0.770. The van der Waals surface area contributed by atoms with Crippen molar-refractivity contribution >= 4 is 0 Å². The summed E-state index contributed by atoms with van der Waals surface area (Å²) in [6, 6.07) is 0. The quantitative estimate of drug-likeness (QED) is 0.601. The maximum atomic E-state index is 9.07. The third kappa shape index (κ3) is 7.29. The van der Waals surface area contributed by atoms with Crippen LogP contribution in [0.25, 0.3) is 0 Å². The molecule has 1 nitrogen and oxygen atoms in total. The molecule has 0 saturated heterocycles. The average Bonchev–Trinajstić information content (AvgIpc) is 2.10. The van der Waals surface area contributed by atoms with Crippen LogP contribution in [-0.2, 0) is 0 Å². The Labute approximate surface area is 75.1 Å². The van der Waals surface area contributed by atoms with E-state index in [0.29, 0.717) is 6.42 Å². The molecule has 0 heterocycles. The van der Waals surface area contributed by atoms with Crippen molar-refractivity contribution in [3.05, 3.63) is 37.0 Å². The van der Waals surface area contributed by atoms with E-state index in [9.17, 15) is 0 Å². The van der Waals surface area contributed by atoms with Gasteiger partial charge in [0.15, 0.2) is 0 Å². The molecule has 1 unspecified atom stereocenters. The standard InChI is InChI=1S/C11H18O/c1-3-5-6-7-8-9-10-11(12)4-2/h4-6,8-9,11-12H,2-3,7,10H2,1H3. The van der Waals surface area contributed by atoms with Crippen molar-refractivity contribution in [2.75, 3.05) is 0 Å². The molecule has 0 aromatic heterocycles. The number of aliphatic hydroxyl groups excluding tert-OH is 1. The molecule has 1 heteroatoms. The summed E-state index contributed by atoms with van der Waals surface area (Å²) >= 11 is 0. The summed E-state index contributed by atoms with van der Waals surface area (Å²) < 4.78 is 0. The first-order valence-electron chi connectivity index (χ1n) is 4.41. The van der Waals surface area contributed by atoms with Gasteiger partial charge in [0.05, 0.1) is 6.10 Å². The summed E-state index contributed by atoms with van der Waals surface area (Å²) in [7, 11) is 0. The zero-order chi connectivity index (χ0) is 9.23. The van der Waals surface area contributed by atoms with E-state index in [-0.39, 0.29) is 0 Å². The molecule has 12 heavy (non-hydrogen) atoms. The van der Waals surface area contributed by atoms with Gasteiger partial charge in [-0.1, -0.05) is 37.3 Å². The summed E-state index contributed by atoms with van der Waals surface area (Å²) in [5.74, 6) is 0. The van der Waals surface area contributed by atoms with E-state index in [1.54, 1.807) is 6.08 Å². The van der Waals surface area contributed by atoms with Gasteiger partial charge in [-0.3, -0.25) is 0 Å². The highest BCUT2D eigenvalue weighted by atomic mass is 16.3. The lowest BCUT2D eigenvalue weighted by molar-refractivity contribution is 0.227. The van der Waals surface area contributed by atoms with Gasteiger partial charge >= 0.3 is 0 Å². The third-order valence-electron chi connectivity index (χ3n) is 1.49. The molecule has 0 aliphatic carbocycles. The van der Waals surface area contributed by atoms with Crippen molar-refractivity contribution < 1.29 is 5.11 Å². The van der Waals surface area contributed by atoms with E-state index in [1.165, 1.54) is 0 Å². The minimum absolute atomic E-state index is 0.392. The zero-order valence-electron chi connectivity index (χ0n) is 7.74. The lowest BCUT2D eigenvalue weighted by atomic mass is 10.2. The summed E-state index contributed by atoms with van der Waals surface area (Å²) in [6.45, 7) is 5.60. The average molecular weight is 166 g/mol. The van der Waals surface area contributed by atoms with Crippen LogP contribution in [0.3, 0.4) is 0 Å². The largest absolute Gasteiger partial charge is 0.389 e. The first kappa shape index (κ1) is 11.2. The second-order valence-electron chi connectivity index (χ2n) is 2.63. The summed E-state index contributed by atoms with van der Waals surface area (Å²) in [5, 5.41) is 9.07. The minimum Gasteiger partial charge on any atom is -0.389 e. The molecule has 0 saturated carbocycles. The van der Waals surface area contributed by atoms with Crippen molar-refractivity contribution in [2.24, 2.45) is 0 Å². The monoisotopic (exact) mass is 166 g/mol. The predicted molar refractivity (Wildman–Crippen MR) is 54.0 cm³/mol. The van der Waals surface area contributed by atoms with Crippen LogP contribution in [0.2, 0.25) is 0 Å². The van der Waals surface area contributed by atoms with E-state index in [2.05, 4.69) is 31.7 Å². The van der Waals surface area contributed by atoms with Crippen molar-refractivity contribution in [3.8, 4) is 0 Å². The first-order chi connectivity index (χ1) is 5.81. The molecule has 0 radical (unpaired) electrons. The Balaban J connectivity index is 3.37. The lowest BCUT2D eigenvalue weighted by Gasteiger charge is -1.96. The highest BCUT2D eigenvalue weighted by Gasteiger charge is 1.90. The Morgan fingerprint density at radius 3 is 2.50 bits per heavy atom. The molecule has 0 bridgehead atoms. The van der Waals surface area contributed by atoms with Gasteiger partial charge in [-0.25, -0.2) is 0 Å². The maximum Gasteiger partial charge on any atom is 0.0752 e. The molecule has 0 aliphatic heterocycles. The smallest absolute Gasteiger partial charge is 0.0752 e. The second-order valence-corrected chi connectivity index (χ2v) is 2.63. The van der Waals surface area contributed by atoms with Crippen molar-refractivity contribution in [1.29, 1.82) is 0 Å². The van der Waals surface area contributed by atoms with E-state index in [0.717, 1.165) is 12.8 Å². The Morgan fingerprint density at radius 2 is 1.92 bits per heavy atom. The molecule has 0 spiro atoms. The van der Waals surface area contributed by atoms with Crippen LogP contribution in [0.4, 0.5) is 0 Å². The normalized spacial score (nSPS) is 14.2. The highest BCUT2D eigenvalue weighted by Crippen LogP contribution is 1.95. The van der Waals surface area contributed by atoms with E-state index in [1.807, 2.05) is 6.08 Å². The van der Waals surface area contributed by atoms with E-state index in [4.69, 9.17) is 5.11 Å². The lowest BCUT2D eigenvalue weighted by Crippen LogP contribution is -1.97. The van der Waals surface area contributed by atoms with Crippen LogP contribution in [0.5, 0.6) is 0 Å². The number of allylic oxidation sites excluding steroid dienone is 3. The van der Waals surface area contributed by atoms with Crippen molar-refractivity contribution in [2.45, 2.75) is 32.3 Å². The van der Waals surface area contributed by atoms with Gasteiger partial charge in [0.25, 0.3) is 0 Å². The fourth-order valence-corrected chi connectivity index (χ4v) is 0.770. The number of aliphatic hydroxyl groups is 1. The predicted octanol–water partition coefficient (Wildman–Crippen LogP) is 2.84. The Hall–Kier alpha value is -0.820. The Kier molecular flexibility index (Phi) is 7.71. The van der Waals surface area contributed by atoms with Crippen molar-refractivity contribution in [1.82, 2.24) is 0 Å². The van der Waals surface area contributed by atoms with Gasteiger partial charge in [-0.05, 0) is 19.3 Å². The minimum atomic E-state index is -0.392. The first-order valence-corrected chi connectivity index (χ1v) is 4.41. The highest BCUT2D eigenvalue weighted by molar-refractivity contribution is 4.95. The number of rotatable bonds is 6. The van der Waals surface area contributed by atoms with Crippen LogP contribution >= 0.6 is 0 Å². The van der Waals surface area contributed by atoms with Crippen molar-refractivity contribution in [3.63, 3.8) is 0 Å². The molecule has 1 atom stereocenters. The van der Waals surface area contributed by atoms with Crippen LogP contribution in [0.1, 0.15) is 26.2 Å². The molecule has 0 aromatic rings. The fraction of sp³-hybridized carbons (Fsp3) is 0.455. The van der Waals surface area contributed by atoms with Crippen LogP contribution in [0, 0.1) is 0 Å². The molecule has 0 fully saturated rings. The Morgan fingerprint density at radius 1 is 1.25 bits per heavy atom. The summed E-state index contributed by atoms with van der Waals surface area (Å²) in [5.41, 5.74) is 0. The number of hydrogen-bond acceptors (Lipinski definition) is 1. The van der Waals surface area contributed by atoms with Crippen LogP contribution in [-0.4, -0.2) is 11.2 Å². The van der Waals surface area contributed by atoms with Gasteiger partial charge < -0.3 is 5.11 Å². The molecule has 1 N–H and O–H groups in total. The summed E-state index contributed by atoms with van der Waals surface area (Å²) in [6.07, 6.45) is 12.2. The Bertz CT molecular complexity index is 156. The van der Waals surface area contributed by atoms with Gasteiger partial charge in [-0.15, -0.1) is 6.58 Å².